The number of nitrogens with one attached hydrogen (secondary N) is 2. The minimum absolute atomic E-state index is 0.131. The van der Waals surface area contributed by atoms with Crippen molar-refractivity contribution in [2.45, 2.75) is 40.0 Å². The van der Waals surface area contributed by atoms with Gasteiger partial charge in [-0.15, -0.1) is 0 Å². The minimum atomic E-state index is -0.361. The van der Waals surface area contributed by atoms with Crippen molar-refractivity contribution < 1.29 is 14.0 Å². The Morgan fingerprint density at radius 2 is 1.76 bits per heavy atom. The summed E-state index contributed by atoms with van der Waals surface area (Å²) in [5.74, 6) is -0.266. The molecule has 0 bridgehead atoms. The van der Waals surface area contributed by atoms with Gasteiger partial charge in [0, 0.05) is 23.7 Å². The van der Waals surface area contributed by atoms with Crippen LogP contribution in [0.25, 0.3) is 5.69 Å². The van der Waals surface area contributed by atoms with E-state index in [1.807, 2.05) is 52.8 Å². The van der Waals surface area contributed by atoms with Crippen molar-refractivity contribution in [3.05, 3.63) is 71.7 Å². The van der Waals surface area contributed by atoms with E-state index in [0.717, 1.165) is 11.3 Å². The Morgan fingerprint density at radius 1 is 1.06 bits per heavy atom. The molecular formula is C25H30FN5O2. The molecule has 3 aromatic rings. The van der Waals surface area contributed by atoms with Crippen LogP contribution in [-0.2, 0) is 10.2 Å². The summed E-state index contributed by atoms with van der Waals surface area (Å²) in [4.78, 5) is 27.0. The van der Waals surface area contributed by atoms with Gasteiger partial charge in [-0.2, -0.15) is 5.10 Å². The van der Waals surface area contributed by atoms with Crippen LogP contribution in [0.5, 0.6) is 0 Å². The van der Waals surface area contributed by atoms with E-state index in [4.69, 9.17) is 0 Å². The minimum Gasteiger partial charge on any atom is -0.315 e. The Balaban J connectivity index is 1.77. The molecule has 0 unspecified atom stereocenters. The van der Waals surface area contributed by atoms with Gasteiger partial charge in [0.2, 0.25) is 5.91 Å². The van der Waals surface area contributed by atoms with E-state index in [1.165, 1.54) is 17.0 Å². The van der Waals surface area contributed by atoms with Crippen molar-refractivity contribution in [1.82, 2.24) is 14.7 Å². The second kappa shape index (κ2) is 9.85. The second-order valence-corrected chi connectivity index (χ2v) is 8.92. The van der Waals surface area contributed by atoms with Crippen LogP contribution in [0.15, 0.2) is 54.6 Å². The molecule has 3 rings (SSSR count). The zero-order valence-electron chi connectivity index (χ0n) is 19.6. The zero-order valence-corrected chi connectivity index (χ0v) is 19.6. The lowest BCUT2D eigenvalue weighted by atomic mass is 9.92. The summed E-state index contributed by atoms with van der Waals surface area (Å²) in [6.07, 6.45) is 0. The van der Waals surface area contributed by atoms with E-state index in [0.29, 0.717) is 23.7 Å². The van der Waals surface area contributed by atoms with Gasteiger partial charge in [0.25, 0.3) is 0 Å². The van der Waals surface area contributed by atoms with Gasteiger partial charge in [-0.1, -0.05) is 32.9 Å². The van der Waals surface area contributed by atoms with Crippen molar-refractivity contribution in [2.75, 3.05) is 23.7 Å². The summed E-state index contributed by atoms with van der Waals surface area (Å²) < 4.78 is 15.0. The maximum absolute atomic E-state index is 13.4. The molecule has 0 saturated carbocycles. The van der Waals surface area contributed by atoms with E-state index in [1.54, 1.807) is 28.9 Å². The number of rotatable bonds is 6. The van der Waals surface area contributed by atoms with E-state index in [2.05, 4.69) is 15.7 Å². The van der Waals surface area contributed by atoms with Crippen molar-refractivity contribution in [2.24, 2.45) is 0 Å². The highest BCUT2D eigenvalue weighted by atomic mass is 19.1. The molecule has 2 aromatic carbocycles. The highest BCUT2D eigenvalue weighted by Gasteiger charge is 2.23. The topological polar surface area (TPSA) is 79.3 Å². The van der Waals surface area contributed by atoms with E-state index < -0.39 is 0 Å². The number of aromatic nitrogens is 2. The van der Waals surface area contributed by atoms with Gasteiger partial charge in [-0.05, 0) is 55.8 Å². The van der Waals surface area contributed by atoms with Crippen LogP contribution < -0.4 is 10.6 Å². The summed E-state index contributed by atoms with van der Waals surface area (Å²) in [6, 6.07) is 14.8. The Morgan fingerprint density at radius 3 is 2.36 bits per heavy atom. The van der Waals surface area contributed by atoms with Crippen molar-refractivity contribution in [1.29, 1.82) is 0 Å². The van der Waals surface area contributed by atoms with Crippen molar-refractivity contribution in [3.63, 3.8) is 0 Å². The smallest absolute Gasteiger partial charge is 0.315 e. The molecule has 2 N–H and O–H groups in total. The van der Waals surface area contributed by atoms with Gasteiger partial charge in [-0.3, -0.25) is 4.79 Å². The molecule has 1 aromatic heterocycles. The third-order valence-electron chi connectivity index (χ3n) is 5.09. The summed E-state index contributed by atoms with van der Waals surface area (Å²) in [7, 11) is 0. The molecule has 0 aliphatic carbocycles. The number of benzene rings is 2. The van der Waals surface area contributed by atoms with E-state index >= 15 is 0 Å². The molecule has 3 amide bonds. The number of urea groups is 1. The van der Waals surface area contributed by atoms with Crippen LogP contribution in [0.4, 0.5) is 20.7 Å². The number of nitrogens with zero attached hydrogens (tertiary/aromatic N) is 3. The molecule has 0 spiro atoms. The van der Waals surface area contributed by atoms with Gasteiger partial charge in [0.05, 0.1) is 11.4 Å². The van der Waals surface area contributed by atoms with Crippen LogP contribution in [-0.4, -0.2) is 39.7 Å². The molecule has 0 radical (unpaired) electrons. The number of anilines is 2. The maximum atomic E-state index is 13.4. The number of carbonyl (C=O) groups excluding carboxylic acids is 2. The summed E-state index contributed by atoms with van der Waals surface area (Å²) >= 11 is 0. The SMILES string of the molecule is CCN(CC(=O)Nc1cc(C(C)(C)C)nn1-c1ccc(F)cc1)C(=O)Nc1cccc(C)c1. The third kappa shape index (κ3) is 6.19. The van der Waals surface area contributed by atoms with Crippen LogP contribution in [0, 0.1) is 12.7 Å². The van der Waals surface area contributed by atoms with Crippen molar-refractivity contribution >= 4 is 23.4 Å². The van der Waals surface area contributed by atoms with Crippen LogP contribution in [0.2, 0.25) is 0 Å². The number of halogens is 1. The Hall–Kier alpha value is -3.68. The quantitative estimate of drug-likeness (QED) is 0.547. The fourth-order valence-electron chi connectivity index (χ4n) is 3.22. The Kier molecular flexibility index (Phi) is 7.16. The van der Waals surface area contributed by atoms with Gasteiger partial charge >= 0.3 is 6.03 Å². The molecule has 174 valence electrons. The lowest BCUT2D eigenvalue weighted by Crippen LogP contribution is -2.40. The first kappa shape index (κ1) is 24.0. The predicted octanol–water partition coefficient (Wildman–Crippen LogP) is 5.11. The van der Waals surface area contributed by atoms with Gasteiger partial charge < -0.3 is 15.5 Å². The number of amides is 3. The molecule has 0 aliphatic heterocycles. The fourth-order valence-corrected chi connectivity index (χ4v) is 3.22. The second-order valence-electron chi connectivity index (χ2n) is 8.92. The fraction of sp³-hybridized carbons (Fsp3) is 0.320. The highest BCUT2D eigenvalue weighted by Crippen LogP contribution is 2.26. The number of likely N-dealkylation sites (N-methyl/N-ethyl adjacent to an activating group) is 1. The molecule has 7 nitrogen and oxygen atoms in total. The molecule has 8 heteroatoms. The first-order chi connectivity index (χ1) is 15.6. The Labute approximate surface area is 193 Å². The van der Waals surface area contributed by atoms with Crippen LogP contribution in [0.3, 0.4) is 0 Å². The number of carbonyl (C=O) groups is 2. The highest BCUT2D eigenvalue weighted by molar-refractivity contribution is 5.96. The summed E-state index contributed by atoms with van der Waals surface area (Å²) in [6.45, 7) is 10.0. The van der Waals surface area contributed by atoms with Crippen molar-refractivity contribution in [3.8, 4) is 5.69 Å². The third-order valence-corrected chi connectivity index (χ3v) is 5.09. The van der Waals surface area contributed by atoms with Gasteiger partial charge in [0.15, 0.2) is 0 Å². The lowest BCUT2D eigenvalue weighted by molar-refractivity contribution is -0.116. The van der Waals surface area contributed by atoms with Crippen LogP contribution in [0.1, 0.15) is 39.0 Å². The molecule has 0 saturated heterocycles. The van der Waals surface area contributed by atoms with Gasteiger partial charge in [0.1, 0.15) is 18.2 Å². The number of hydrogen-bond donors (Lipinski definition) is 2. The lowest BCUT2D eigenvalue weighted by Gasteiger charge is -2.21. The maximum Gasteiger partial charge on any atom is 0.322 e. The molecular weight excluding hydrogens is 421 g/mol. The normalized spacial score (nSPS) is 11.2. The first-order valence-corrected chi connectivity index (χ1v) is 10.9. The van der Waals surface area contributed by atoms with E-state index in [9.17, 15) is 14.0 Å². The average molecular weight is 452 g/mol. The molecule has 0 atom stereocenters. The monoisotopic (exact) mass is 451 g/mol. The molecule has 33 heavy (non-hydrogen) atoms. The van der Waals surface area contributed by atoms with E-state index in [-0.39, 0.29) is 29.7 Å². The Bertz CT molecular complexity index is 1130. The van der Waals surface area contributed by atoms with Gasteiger partial charge in [-0.25, -0.2) is 13.9 Å². The zero-order chi connectivity index (χ0) is 24.2. The molecule has 1 heterocycles. The number of hydrogen-bond acceptors (Lipinski definition) is 3. The summed E-state index contributed by atoms with van der Waals surface area (Å²) in [5, 5.41) is 10.3. The molecule has 0 fully saturated rings. The van der Waals surface area contributed by atoms with Crippen LogP contribution >= 0.6 is 0 Å². The average Bonchev–Trinajstić information content (AvgIpc) is 3.16. The largest absolute Gasteiger partial charge is 0.322 e. The number of aryl methyl sites for hydroxylation is 1. The summed E-state index contributed by atoms with van der Waals surface area (Å²) in [5.41, 5.74) is 2.83. The predicted molar refractivity (Wildman–Crippen MR) is 128 cm³/mol. The standard InChI is InChI=1S/C25H30FN5O2/c1-6-30(24(33)27-19-9-7-8-17(2)14-19)16-23(32)28-22-15-21(25(3,4)5)29-31(22)20-12-10-18(26)11-13-20/h7-15H,6,16H2,1-5H3,(H,27,33)(H,28,32). The molecule has 0 aliphatic rings. The first-order valence-electron chi connectivity index (χ1n) is 10.9.